The third-order valence-electron chi connectivity index (χ3n) is 2.48. The number of hydrogen-bond acceptors (Lipinski definition) is 1. The second-order valence-electron chi connectivity index (χ2n) is 3.99. The summed E-state index contributed by atoms with van der Waals surface area (Å²) >= 11 is 5.67. The van der Waals surface area contributed by atoms with Gasteiger partial charge in [0.05, 0.1) is 0 Å². The van der Waals surface area contributed by atoms with Gasteiger partial charge in [-0.2, -0.15) is 0 Å². The van der Waals surface area contributed by atoms with Gasteiger partial charge in [-0.3, -0.25) is 4.90 Å². The average molecular weight is 248 g/mol. The molecule has 0 aliphatic rings. The van der Waals surface area contributed by atoms with Crippen LogP contribution in [-0.4, -0.2) is 23.4 Å². The van der Waals surface area contributed by atoms with Crippen molar-refractivity contribution < 1.29 is 8.78 Å². The molecule has 4 heteroatoms. The Balaban J connectivity index is 2.80. The fraction of sp³-hybridized carbons (Fsp3) is 0.500. The van der Waals surface area contributed by atoms with E-state index in [0.29, 0.717) is 24.5 Å². The van der Waals surface area contributed by atoms with Gasteiger partial charge in [-0.05, 0) is 32.0 Å². The van der Waals surface area contributed by atoms with E-state index in [1.165, 1.54) is 6.07 Å². The molecule has 0 fully saturated rings. The van der Waals surface area contributed by atoms with E-state index in [1.54, 1.807) is 0 Å². The number of nitrogens with zero attached hydrogens (tertiary/aromatic N) is 1. The highest BCUT2D eigenvalue weighted by Gasteiger charge is 2.12. The standard InChI is InChI=1S/C12H16ClF2N/c1-9(2)16(6-5-13)8-10-7-11(14)3-4-12(10)15/h3-4,7,9H,5-6,8H2,1-2H3. The molecule has 0 radical (unpaired) electrons. The number of hydrogen-bond donors (Lipinski definition) is 0. The molecule has 0 amide bonds. The number of rotatable bonds is 5. The first-order valence-corrected chi connectivity index (χ1v) is 5.82. The molecule has 0 saturated heterocycles. The molecule has 1 rings (SSSR count). The molecule has 1 aromatic carbocycles. The molecule has 0 spiro atoms. The Labute approximate surface area is 100 Å². The van der Waals surface area contributed by atoms with Crippen molar-refractivity contribution in [1.29, 1.82) is 0 Å². The maximum absolute atomic E-state index is 13.4. The van der Waals surface area contributed by atoms with Gasteiger partial charge >= 0.3 is 0 Å². The summed E-state index contributed by atoms with van der Waals surface area (Å²) in [6.07, 6.45) is 0. The normalized spacial score (nSPS) is 11.4. The van der Waals surface area contributed by atoms with Crippen LogP contribution in [-0.2, 0) is 6.54 Å². The molecule has 0 N–H and O–H groups in total. The molecule has 90 valence electrons. The van der Waals surface area contributed by atoms with Crippen molar-refractivity contribution in [2.24, 2.45) is 0 Å². The third-order valence-corrected chi connectivity index (χ3v) is 2.65. The zero-order valence-electron chi connectivity index (χ0n) is 9.51. The average Bonchev–Trinajstić information content (AvgIpc) is 2.22. The first-order chi connectivity index (χ1) is 7.54. The van der Waals surface area contributed by atoms with Crippen LogP contribution in [0.3, 0.4) is 0 Å². The molecular weight excluding hydrogens is 232 g/mol. The molecule has 0 bridgehead atoms. The van der Waals surface area contributed by atoms with Crippen LogP contribution >= 0.6 is 11.6 Å². The number of halogens is 3. The summed E-state index contributed by atoms with van der Waals surface area (Å²) in [5.41, 5.74) is 0.374. The Morgan fingerprint density at radius 3 is 2.56 bits per heavy atom. The molecular formula is C12H16ClF2N. The largest absolute Gasteiger partial charge is 0.295 e. The monoisotopic (exact) mass is 247 g/mol. The molecule has 0 atom stereocenters. The Hall–Kier alpha value is -0.670. The number of benzene rings is 1. The maximum atomic E-state index is 13.4. The van der Waals surface area contributed by atoms with Crippen molar-refractivity contribution in [3.8, 4) is 0 Å². The lowest BCUT2D eigenvalue weighted by Crippen LogP contribution is -2.32. The van der Waals surface area contributed by atoms with Gasteiger partial charge in [0.2, 0.25) is 0 Å². The zero-order valence-corrected chi connectivity index (χ0v) is 10.3. The van der Waals surface area contributed by atoms with Crippen molar-refractivity contribution in [3.05, 3.63) is 35.4 Å². The van der Waals surface area contributed by atoms with Gasteiger partial charge in [0.1, 0.15) is 11.6 Å². The lowest BCUT2D eigenvalue weighted by atomic mass is 10.1. The van der Waals surface area contributed by atoms with Gasteiger partial charge < -0.3 is 0 Å². The van der Waals surface area contributed by atoms with Gasteiger partial charge in [-0.15, -0.1) is 11.6 Å². The van der Waals surface area contributed by atoms with Crippen LogP contribution in [0, 0.1) is 11.6 Å². The Morgan fingerprint density at radius 2 is 2.00 bits per heavy atom. The highest BCUT2D eigenvalue weighted by molar-refractivity contribution is 6.18. The van der Waals surface area contributed by atoms with Crippen LogP contribution in [0.4, 0.5) is 8.78 Å². The Kier molecular flexibility index (Phi) is 5.16. The van der Waals surface area contributed by atoms with Crippen molar-refractivity contribution >= 4 is 11.6 Å². The summed E-state index contributed by atoms with van der Waals surface area (Å²) in [4.78, 5) is 2.00. The van der Waals surface area contributed by atoms with Crippen LogP contribution in [0.2, 0.25) is 0 Å². The first kappa shape index (κ1) is 13.4. The molecule has 0 aliphatic heterocycles. The predicted molar refractivity (Wildman–Crippen MR) is 62.6 cm³/mol. The second kappa shape index (κ2) is 6.16. The predicted octanol–water partition coefficient (Wildman–Crippen LogP) is 3.41. The lowest BCUT2D eigenvalue weighted by molar-refractivity contribution is 0.223. The van der Waals surface area contributed by atoms with Crippen LogP contribution < -0.4 is 0 Å². The van der Waals surface area contributed by atoms with E-state index in [-0.39, 0.29) is 11.9 Å². The topological polar surface area (TPSA) is 3.24 Å². The number of alkyl halides is 1. The van der Waals surface area contributed by atoms with Crippen LogP contribution in [0.1, 0.15) is 19.4 Å². The SMILES string of the molecule is CC(C)N(CCCl)Cc1cc(F)ccc1F. The summed E-state index contributed by atoms with van der Waals surface area (Å²) in [6.45, 7) is 5.05. The van der Waals surface area contributed by atoms with E-state index in [0.717, 1.165) is 12.1 Å². The van der Waals surface area contributed by atoms with E-state index in [4.69, 9.17) is 11.6 Å². The smallest absolute Gasteiger partial charge is 0.127 e. The van der Waals surface area contributed by atoms with E-state index in [1.807, 2.05) is 18.7 Å². The summed E-state index contributed by atoms with van der Waals surface area (Å²) in [6, 6.07) is 3.77. The summed E-state index contributed by atoms with van der Waals surface area (Å²) < 4.78 is 26.4. The highest BCUT2D eigenvalue weighted by Crippen LogP contribution is 2.14. The minimum absolute atomic E-state index is 0.251. The summed E-state index contributed by atoms with van der Waals surface area (Å²) in [7, 11) is 0. The maximum Gasteiger partial charge on any atom is 0.127 e. The molecule has 0 aromatic heterocycles. The third kappa shape index (κ3) is 3.72. The zero-order chi connectivity index (χ0) is 12.1. The Morgan fingerprint density at radius 1 is 1.31 bits per heavy atom. The molecule has 0 heterocycles. The quantitative estimate of drug-likeness (QED) is 0.721. The van der Waals surface area contributed by atoms with E-state index >= 15 is 0 Å². The van der Waals surface area contributed by atoms with Crippen LogP contribution in [0.5, 0.6) is 0 Å². The van der Waals surface area contributed by atoms with Crippen molar-refractivity contribution in [3.63, 3.8) is 0 Å². The van der Waals surface area contributed by atoms with Gasteiger partial charge in [0, 0.05) is 30.6 Å². The minimum Gasteiger partial charge on any atom is -0.295 e. The molecule has 1 nitrogen and oxygen atoms in total. The summed E-state index contributed by atoms with van der Waals surface area (Å²) in [5, 5.41) is 0. The molecule has 0 aliphatic carbocycles. The first-order valence-electron chi connectivity index (χ1n) is 5.28. The fourth-order valence-corrected chi connectivity index (χ4v) is 1.73. The van der Waals surface area contributed by atoms with E-state index in [9.17, 15) is 8.78 Å². The molecule has 16 heavy (non-hydrogen) atoms. The molecule has 0 unspecified atom stereocenters. The van der Waals surface area contributed by atoms with Crippen molar-refractivity contribution in [2.45, 2.75) is 26.4 Å². The van der Waals surface area contributed by atoms with E-state index in [2.05, 4.69) is 0 Å². The van der Waals surface area contributed by atoms with Gasteiger partial charge in [-0.1, -0.05) is 0 Å². The summed E-state index contributed by atoms with van der Waals surface area (Å²) in [5.74, 6) is -0.303. The second-order valence-corrected chi connectivity index (χ2v) is 4.37. The van der Waals surface area contributed by atoms with E-state index < -0.39 is 5.82 Å². The van der Waals surface area contributed by atoms with Gasteiger partial charge in [-0.25, -0.2) is 8.78 Å². The minimum atomic E-state index is -0.411. The van der Waals surface area contributed by atoms with Crippen molar-refractivity contribution in [2.75, 3.05) is 12.4 Å². The van der Waals surface area contributed by atoms with Crippen molar-refractivity contribution in [1.82, 2.24) is 4.90 Å². The molecule has 1 aromatic rings. The highest BCUT2D eigenvalue weighted by atomic mass is 35.5. The fourth-order valence-electron chi connectivity index (χ4n) is 1.51. The van der Waals surface area contributed by atoms with Crippen LogP contribution in [0.25, 0.3) is 0 Å². The molecule has 0 saturated carbocycles. The van der Waals surface area contributed by atoms with Crippen LogP contribution in [0.15, 0.2) is 18.2 Å². The lowest BCUT2D eigenvalue weighted by Gasteiger charge is -2.25. The van der Waals surface area contributed by atoms with Gasteiger partial charge in [0.15, 0.2) is 0 Å². The Bertz CT molecular complexity index is 342. The van der Waals surface area contributed by atoms with Gasteiger partial charge in [0.25, 0.3) is 0 Å².